The van der Waals surface area contributed by atoms with E-state index in [0.29, 0.717) is 64.3 Å². The average molecular weight is 500 g/mol. The Hall–Kier alpha value is -2.39. The molecule has 0 unspecified atom stereocenters. The van der Waals surface area contributed by atoms with Crippen molar-refractivity contribution in [2.45, 2.75) is 37.3 Å². The van der Waals surface area contributed by atoms with Gasteiger partial charge in [0.1, 0.15) is 11.6 Å². The number of amides is 1. The van der Waals surface area contributed by atoms with Crippen molar-refractivity contribution in [3.63, 3.8) is 0 Å². The zero-order valence-corrected chi connectivity index (χ0v) is 19.3. The summed E-state index contributed by atoms with van der Waals surface area (Å²) in [4.78, 5) is 18.7. The molecule has 1 N–H and O–H groups in total. The van der Waals surface area contributed by atoms with Gasteiger partial charge in [-0.1, -0.05) is 23.7 Å². The first-order chi connectivity index (χ1) is 16.2. The summed E-state index contributed by atoms with van der Waals surface area (Å²) < 4.78 is 58.0. The van der Waals surface area contributed by atoms with Crippen LogP contribution in [0.2, 0.25) is 5.02 Å². The zero-order valence-electron chi connectivity index (χ0n) is 18.5. The molecule has 2 fully saturated rings. The number of carbonyl (C=O) groups is 1. The van der Waals surface area contributed by atoms with Crippen LogP contribution in [0.1, 0.15) is 36.8 Å². The Bertz CT molecular complexity index is 1020. The van der Waals surface area contributed by atoms with Crippen LogP contribution in [0.15, 0.2) is 36.5 Å². The molecule has 10 heteroatoms. The van der Waals surface area contributed by atoms with E-state index in [9.17, 15) is 22.4 Å². The smallest absolute Gasteiger partial charge is 0.381 e. The molecule has 0 bridgehead atoms. The van der Waals surface area contributed by atoms with Crippen molar-refractivity contribution in [1.82, 2.24) is 10.3 Å². The zero-order chi connectivity index (χ0) is 24.3. The summed E-state index contributed by atoms with van der Waals surface area (Å²) >= 11 is 6.07. The fourth-order valence-corrected chi connectivity index (χ4v) is 5.01. The van der Waals surface area contributed by atoms with Crippen LogP contribution in [-0.2, 0) is 21.1 Å². The fraction of sp³-hybridized carbons (Fsp3) is 0.500. The lowest BCUT2D eigenvalue weighted by molar-refractivity contribution is -0.137. The van der Waals surface area contributed by atoms with Crippen molar-refractivity contribution in [1.29, 1.82) is 0 Å². The monoisotopic (exact) mass is 499 g/mol. The minimum Gasteiger partial charge on any atom is -0.381 e. The number of carbonyl (C=O) groups excluding carboxylic acids is 1. The molecule has 0 atom stereocenters. The molecular formula is C24H26ClF4N3O2. The van der Waals surface area contributed by atoms with Crippen molar-refractivity contribution in [2.75, 3.05) is 37.7 Å². The summed E-state index contributed by atoms with van der Waals surface area (Å²) in [5, 5.41) is 3.01. The van der Waals surface area contributed by atoms with Crippen molar-refractivity contribution in [3.05, 3.63) is 58.5 Å². The number of aromatic nitrogens is 1. The quantitative estimate of drug-likeness (QED) is 0.590. The van der Waals surface area contributed by atoms with E-state index in [1.165, 1.54) is 12.1 Å². The van der Waals surface area contributed by atoms with Crippen LogP contribution < -0.4 is 10.2 Å². The number of pyridine rings is 1. The van der Waals surface area contributed by atoms with Gasteiger partial charge in [-0.15, -0.1) is 0 Å². The van der Waals surface area contributed by atoms with Gasteiger partial charge in [-0.2, -0.15) is 13.2 Å². The van der Waals surface area contributed by atoms with E-state index in [0.717, 1.165) is 17.8 Å². The Balaban J connectivity index is 1.36. The van der Waals surface area contributed by atoms with Gasteiger partial charge in [-0.05, 0) is 49.4 Å². The van der Waals surface area contributed by atoms with Gasteiger partial charge in [0.05, 0.1) is 10.6 Å². The second-order valence-electron chi connectivity index (χ2n) is 8.91. The van der Waals surface area contributed by atoms with Crippen LogP contribution in [0, 0.1) is 11.7 Å². The lowest BCUT2D eigenvalue weighted by Crippen LogP contribution is -2.47. The summed E-state index contributed by atoms with van der Waals surface area (Å²) in [5.41, 5.74) is -0.418. The highest BCUT2D eigenvalue weighted by molar-refractivity contribution is 6.33. The summed E-state index contributed by atoms with van der Waals surface area (Å²) in [6.45, 7) is 2.40. The van der Waals surface area contributed by atoms with Gasteiger partial charge >= 0.3 is 6.18 Å². The van der Waals surface area contributed by atoms with Crippen LogP contribution in [0.3, 0.4) is 0 Å². The number of hydrogen-bond acceptors (Lipinski definition) is 4. The highest BCUT2D eigenvalue weighted by Gasteiger charge is 2.37. The van der Waals surface area contributed by atoms with E-state index in [1.807, 2.05) is 6.07 Å². The molecule has 34 heavy (non-hydrogen) atoms. The Kier molecular flexibility index (Phi) is 7.33. The number of rotatable bonds is 5. The van der Waals surface area contributed by atoms with Gasteiger partial charge < -0.3 is 15.0 Å². The molecule has 0 saturated carbocycles. The molecule has 0 spiro atoms. The number of alkyl halides is 3. The van der Waals surface area contributed by atoms with Crippen molar-refractivity contribution in [2.24, 2.45) is 5.92 Å². The van der Waals surface area contributed by atoms with Crippen LogP contribution in [0.4, 0.5) is 23.4 Å². The third-order valence-electron chi connectivity index (χ3n) is 6.80. The topological polar surface area (TPSA) is 54.5 Å². The van der Waals surface area contributed by atoms with Crippen LogP contribution in [-0.4, -0.2) is 43.7 Å². The predicted octanol–water partition coefficient (Wildman–Crippen LogP) is 4.97. The van der Waals surface area contributed by atoms with E-state index in [-0.39, 0.29) is 28.1 Å². The van der Waals surface area contributed by atoms with E-state index in [2.05, 4.69) is 10.3 Å². The molecule has 2 aliphatic rings. The Morgan fingerprint density at radius 2 is 1.91 bits per heavy atom. The number of benzene rings is 1. The summed E-state index contributed by atoms with van der Waals surface area (Å²) in [6.07, 6.45) is -1.30. The average Bonchev–Trinajstić information content (AvgIpc) is 2.83. The van der Waals surface area contributed by atoms with E-state index in [1.54, 1.807) is 11.0 Å². The molecule has 2 aromatic rings. The molecule has 0 radical (unpaired) electrons. The number of nitrogens with zero attached hydrogens (tertiary/aromatic N) is 2. The van der Waals surface area contributed by atoms with Gasteiger partial charge in [0.25, 0.3) is 0 Å². The molecule has 2 saturated heterocycles. The van der Waals surface area contributed by atoms with E-state index in [4.69, 9.17) is 16.3 Å². The Morgan fingerprint density at radius 3 is 2.53 bits per heavy atom. The second-order valence-corrected chi connectivity index (χ2v) is 9.32. The highest BCUT2D eigenvalue weighted by atomic mass is 35.5. The molecule has 4 rings (SSSR count). The first kappa shape index (κ1) is 24.7. The molecule has 1 aromatic heterocycles. The second kappa shape index (κ2) is 10.1. The maximum atomic E-state index is 13.9. The normalized spacial score (nSPS) is 19.1. The molecule has 0 aliphatic carbocycles. The van der Waals surface area contributed by atoms with Gasteiger partial charge in [-0.25, -0.2) is 9.37 Å². The van der Waals surface area contributed by atoms with Gasteiger partial charge in [-0.3, -0.25) is 4.79 Å². The van der Waals surface area contributed by atoms with E-state index < -0.39 is 11.7 Å². The molecule has 5 nitrogen and oxygen atoms in total. The summed E-state index contributed by atoms with van der Waals surface area (Å²) in [7, 11) is 0. The lowest BCUT2D eigenvalue weighted by Gasteiger charge is -2.39. The first-order valence-electron chi connectivity index (χ1n) is 11.3. The fourth-order valence-electron chi connectivity index (χ4n) is 4.72. The van der Waals surface area contributed by atoms with Crippen molar-refractivity contribution in [3.8, 4) is 0 Å². The Labute approximate surface area is 200 Å². The maximum absolute atomic E-state index is 13.9. The maximum Gasteiger partial charge on any atom is 0.417 e. The molecule has 1 amide bonds. The van der Waals surface area contributed by atoms with Crippen molar-refractivity contribution < 1.29 is 27.1 Å². The molecular weight excluding hydrogens is 474 g/mol. The number of hydrogen-bond donors (Lipinski definition) is 1. The third-order valence-corrected chi connectivity index (χ3v) is 7.08. The first-order valence-corrected chi connectivity index (χ1v) is 11.6. The number of nitrogens with one attached hydrogen (secondary N) is 1. The van der Waals surface area contributed by atoms with Crippen LogP contribution in [0.5, 0.6) is 0 Å². The largest absolute Gasteiger partial charge is 0.417 e. The third kappa shape index (κ3) is 5.46. The minimum atomic E-state index is -4.51. The molecule has 1 aromatic carbocycles. The molecule has 3 heterocycles. The van der Waals surface area contributed by atoms with E-state index >= 15 is 0 Å². The van der Waals surface area contributed by atoms with Crippen LogP contribution >= 0.6 is 11.6 Å². The molecule has 2 aliphatic heterocycles. The summed E-state index contributed by atoms with van der Waals surface area (Å²) in [5.74, 6) is -0.319. The van der Waals surface area contributed by atoms with Gasteiger partial charge in [0.15, 0.2) is 0 Å². The van der Waals surface area contributed by atoms with Gasteiger partial charge in [0.2, 0.25) is 5.91 Å². The number of halogens is 5. The SMILES string of the molecule is O=C(NCC1(c2cccc(F)c2)CCOCC1)C1CCN(c2ncc(C(F)(F)F)cc2Cl)CC1. The predicted molar refractivity (Wildman–Crippen MR) is 120 cm³/mol. The van der Waals surface area contributed by atoms with Crippen LogP contribution in [0.25, 0.3) is 0 Å². The Morgan fingerprint density at radius 1 is 1.21 bits per heavy atom. The number of piperidine rings is 1. The lowest BCUT2D eigenvalue weighted by atomic mass is 9.74. The highest BCUT2D eigenvalue weighted by Crippen LogP contribution is 2.36. The standard InChI is InChI=1S/C24H26ClF4N3O2/c25-20-13-18(24(27,28)29)14-30-21(20)32-8-4-16(5-9-32)22(33)31-15-23(6-10-34-11-7-23)17-2-1-3-19(26)12-17/h1-3,12-14,16H,4-11,15H2,(H,31,33). The van der Waals surface area contributed by atoms with Crippen molar-refractivity contribution >= 4 is 23.3 Å². The number of ether oxygens (including phenoxy) is 1. The minimum absolute atomic E-state index is 0.0609. The number of anilines is 1. The van der Waals surface area contributed by atoms with Gasteiger partial charge in [0, 0.05) is 50.4 Å². The summed E-state index contributed by atoms with van der Waals surface area (Å²) in [6, 6.07) is 7.37. The molecule has 184 valence electrons.